The summed E-state index contributed by atoms with van der Waals surface area (Å²) in [6, 6.07) is 10.7. The number of carbonyl (C=O) groups excluding carboxylic acids is 1. The molecule has 3 N–H and O–H groups in total. The Morgan fingerprint density at radius 2 is 1.78 bits per heavy atom. The maximum Gasteiger partial charge on any atom is 0.226 e. The van der Waals surface area contributed by atoms with Crippen LogP contribution in [0.1, 0.15) is 50.2 Å². The number of nitrogens with one attached hydrogen (secondary N) is 1. The van der Waals surface area contributed by atoms with E-state index in [1.807, 2.05) is 18.2 Å². The van der Waals surface area contributed by atoms with Gasteiger partial charge in [0.15, 0.2) is 0 Å². The third kappa shape index (κ3) is 4.69. The van der Waals surface area contributed by atoms with Crippen molar-refractivity contribution >= 4 is 18.3 Å². The van der Waals surface area contributed by atoms with Crippen LogP contribution >= 0.6 is 12.4 Å². The number of hydrogen-bond donors (Lipinski definition) is 2. The molecule has 2 unspecified atom stereocenters. The largest absolute Gasteiger partial charge is 0.373 e. The number of carbonyl (C=O) groups is 1. The van der Waals surface area contributed by atoms with Crippen LogP contribution in [0.5, 0.6) is 0 Å². The van der Waals surface area contributed by atoms with Crippen LogP contribution in [0.4, 0.5) is 0 Å². The Morgan fingerprint density at radius 1 is 1.09 bits per heavy atom. The summed E-state index contributed by atoms with van der Waals surface area (Å²) in [5, 5.41) is 3.23. The summed E-state index contributed by atoms with van der Waals surface area (Å²) >= 11 is 0. The minimum Gasteiger partial charge on any atom is -0.373 e. The van der Waals surface area contributed by atoms with Gasteiger partial charge >= 0.3 is 0 Å². The number of hydrogen-bond acceptors (Lipinski definition) is 3. The average Bonchev–Trinajstić information content (AvgIpc) is 2.58. The molecule has 2 aliphatic rings. The van der Waals surface area contributed by atoms with Crippen molar-refractivity contribution in [3.63, 3.8) is 0 Å². The van der Waals surface area contributed by atoms with E-state index < -0.39 is 0 Å². The molecule has 1 aliphatic carbocycles. The van der Waals surface area contributed by atoms with Crippen molar-refractivity contribution in [3.05, 3.63) is 35.9 Å². The van der Waals surface area contributed by atoms with Crippen molar-refractivity contribution in [2.75, 3.05) is 6.61 Å². The van der Waals surface area contributed by atoms with E-state index in [0.717, 1.165) is 50.7 Å². The van der Waals surface area contributed by atoms with Crippen molar-refractivity contribution < 1.29 is 9.53 Å². The van der Waals surface area contributed by atoms with Gasteiger partial charge < -0.3 is 15.8 Å². The minimum absolute atomic E-state index is 0. The van der Waals surface area contributed by atoms with Gasteiger partial charge in [-0.25, -0.2) is 0 Å². The fraction of sp³-hybridized carbons (Fsp3) is 0.611. The fourth-order valence-corrected chi connectivity index (χ4v) is 3.59. The molecule has 1 aromatic rings. The van der Waals surface area contributed by atoms with Gasteiger partial charge in [0.1, 0.15) is 0 Å². The van der Waals surface area contributed by atoms with Crippen LogP contribution in [-0.2, 0) is 9.53 Å². The monoisotopic (exact) mass is 338 g/mol. The van der Waals surface area contributed by atoms with Gasteiger partial charge in [-0.05, 0) is 44.1 Å². The van der Waals surface area contributed by atoms with Crippen LogP contribution in [0.15, 0.2) is 30.3 Å². The Labute approximate surface area is 144 Å². The predicted molar refractivity (Wildman–Crippen MR) is 93.5 cm³/mol. The smallest absolute Gasteiger partial charge is 0.226 e. The zero-order valence-electron chi connectivity index (χ0n) is 13.4. The van der Waals surface area contributed by atoms with Crippen LogP contribution in [0.2, 0.25) is 0 Å². The minimum atomic E-state index is -0.110. The summed E-state index contributed by atoms with van der Waals surface area (Å²) in [6.45, 7) is 0.738. The average molecular weight is 339 g/mol. The second-order valence-electron chi connectivity index (χ2n) is 6.57. The van der Waals surface area contributed by atoms with Gasteiger partial charge in [0, 0.05) is 18.7 Å². The third-order valence-corrected chi connectivity index (χ3v) is 4.91. The normalized spacial score (nSPS) is 31.0. The lowest BCUT2D eigenvalue weighted by atomic mass is 9.87. The van der Waals surface area contributed by atoms with Gasteiger partial charge in [0.2, 0.25) is 5.91 Å². The van der Waals surface area contributed by atoms with Crippen LogP contribution in [0.3, 0.4) is 0 Å². The molecule has 0 aromatic heterocycles. The number of rotatable bonds is 3. The van der Waals surface area contributed by atoms with Gasteiger partial charge in [-0.3, -0.25) is 4.79 Å². The van der Waals surface area contributed by atoms with E-state index in [2.05, 4.69) is 17.4 Å². The molecule has 1 saturated heterocycles. The maximum absolute atomic E-state index is 12.7. The molecule has 0 spiro atoms. The zero-order valence-corrected chi connectivity index (χ0v) is 14.3. The molecular formula is C18H27ClN2O2. The standard InChI is InChI=1S/C18H26N2O2.ClH/c19-14-8-10-15(11-9-14)20-18(21)16-7-4-12-22-17(16)13-5-2-1-3-6-13;/h1-3,5-6,14-17H,4,7-12,19H2,(H,20,21);1H. The Balaban J connectivity index is 0.00000192. The van der Waals surface area contributed by atoms with Crippen LogP contribution in [0, 0.1) is 5.92 Å². The Hall–Kier alpha value is -1.10. The number of amides is 1. The molecule has 2 fully saturated rings. The van der Waals surface area contributed by atoms with Crippen molar-refractivity contribution in [1.29, 1.82) is 0 Å². The van der Waals surface area contributed by atoms with Gasteiger partial charge in [-0.1, -0.05) is 30.3 Å². The Morgan fingerprint density at radius 3 is 2.48 bits per heavy atom. The second-order valence-corrected chi connectivity index (χ2v) is 6.57. The van der Waals surface area contributed by atoms with Crippen molar-refractivity contribution in [3.8, 4) is 0 Å². The summed E-state index contributed by atoms with van der Waals surface area (Å²) < 4.78 is 5.92. The highest BCUT2D eigenvalue weighted by molar-refractivity contribution is 5.85. The van der Waals surface area contributed by atoms with E-state index in [0.29, 0.717) is 6.04 Å². The number of nitrogens with two attached hydrogens (primary N) is 1. The first-order valence-electron chi connectivity index (χ1n) is 8.46. The van der Waals surface area contributed by atoms with E-state index in [1.54, 1.807) is 0 Å². The van der Waals surface area contributed by atoms with Crippen LogP contribution in [-0.4, -0.2) is 24.6 Å². The summed E-state index contributed by atoms with van der Waals surface area (Å²) in [5.41, 5.74) is 7.04. The Bertz CT molecular complexity index is 489. The number of benzene rings is 1. The second kappa shape index (κ2) is 8.67. The maximum atomic E-state index is 12.7. The molecule has 3 rings (SSSR count). The lowest BCUT2D eigenvalue weighted by Gasteiger charge is -2.33. The first-order chi connectivity index (χ1) is 10.7. The molecule has 2 atom stereocenters. The molecule has 0 radical (unpaired) electrons. The van der Waals surface area contributed by atoms with Gasteiger partial charge in [0.25, 0.3) is 0 Å². The molecule has 4 nitrogen and oxygen atoms in total. The van der Waals surface area contributed by atoms with Gasteiger partial charge in [-0.2, -0.15) is 0 Å². The molecule has 1 aromatic carbocycles. The predicted octanol–water partition coefficient (Wildman–Crippen LogP) is 2.96. The molecule has 5 heteroatoms. The molecule has 1 heterocycles. The SMILES string of the molecule is Cl.NC1CCC(NC(=O)C2CCCOC2c2ccccc2)CC1. The van der Waals surface area contributed by atoms with E-state index in [-0.39, 0.29) is 36.4 Å². The van der Waals surface area contributed by atoms with E-state index in [4.69, 9.17) is 10.5 Å². The summed E-state index contributed by atoms with van der Waals surface area (Å²) in [7, 11) is 0. The highest BCUT2D eigenvalue weighted by Gasteiger charge is 2.34. The fourth-order valence-electron chi connectivity index (χ4n) is 3.59. The highest BCUT2D eigenvalue weighted by Crippen LogP contribution is 2.34. The van der Waals surface area contributed by atoms with Crippen molar-refractivity contribution in [2.24, 2.45) is 11.7 Å². The summed E-state index contributed by atoms with van der Waals surface area (Å²) in [5.74, 6) is 0.0702. The lowest BCUT2D eigenvalue weighted by Crippen LogP contribution is -2.45. The molecule has 0 bridgehead atoms. The summed E-state index contributed by atoms with van der Waals surface area (Å²) in [6.07, 6.45) is 5.75. The quantitative estimate of drug-likeness (QED) is 0.890. The molecule has 1 saturated carbocycles. The van der Waals surface area contributed by atoms with Crippen LogP contribution in [0.25, 0.3) is 0 Å². The Kier molecular flexibility index (Phi) is 6.88. The van der Waals surface area contributed by atoms with Crippen molar-refractivity contribution in [1.82, 2.24) is 5.32 Å². The van der Waals surface area contributed by atoms with E-state index in [9.17, 15) is 4.79 Å². The lowest BCUT2D eigenvalue weighted by molar-refractivity contribution is -0.135. The third-order valence-electron chi connectivity index (χ3n) is 4.91. The summed E-state index contributed by atoms with van der Waals surface area (Å²) in [4.78, 5) is 12.7. The van der Waals surface area contributed by atoms with Gasteiger partial charge in [-0.15, -0.1) is 12.4 Å². The first kappa shape index (κ1) is 18.2. The van der Waals surface area contributed by atoms with E-state index >= 15 is 0 Å². The van der Waals surface area contributed by atoms with Crippen LogP contribution < -0.4 is 11.1 Å². The molecular weight excluding hydrogens is 312 g/mol. The molecule has 1 aliphatic heterocycles. The van der Waals surface area contributed by atoms with E-state index in [1.165, 1.54) is 0 Å². The molecule has 23 heavy (non-hydrogen) atoms. The van der Waals surface area contributed by atoms with Crippen molar-refractivity contribution in [2.45, 2.75) is 56.7 Å². The number of halogens is 1. The first-order valence-corrected chi connectivity index (χ1v) is 8.46. The topological polar surface area (TPSA) is 64.3 Å². The molecule has 128 valence electrons. The highest BCUT2D eigenvalue weighted by atomic mass is 35.5. The molecule has 1 amide bonds. The zero-order chi connectivity index (χ0) is 15.4. The van der Waals surface area contributed by atoms with Gasteiger partial charge in [0.05, 0.1) is 12.0 Å². The number of ether oxygens (including phenoxy) is 1.